The summed E-state index contributed by atoms with van der Waals surface area (Å²) in [6.07, 6.45) is 1.75. The second kappa shape index (κ2) is 9.93. The molecule has 0 N–H and O–H groups in total. The largest absolute Gasteiger partial charge is 0.493 e. The lowest BCUT2D eigenvalue weighted by Crippen LogP contribution is -2.03. The highest BCUT2D eigenvalue weighted by Crippen LogP contribution is 2.30. The molecule has 3 rings (SSSR count). The molecule has 3 aromatic rings. The molecule has 2 aromatic carbocycles. The van der Waals surface area contributed by atoms with E-state index >= 15 is 0 Å². The molecule has 1 heterocycles. The van der Waals surface area contributed by atoms with Gasteiger partial charge in [0, 0.05) is 21.7 Å². The number of aromatic nitrogens is 3. The van der Waals surface area contributed by atoms with Crippen LogP contribution in [0.3, 0.4) is 0 Å². The number of methoxy groups -OCH3 is 2. The molecule has 0 spiro atoms. The molecule has 152 valence electrons. The molecule has 0 unspecified atom stereocenters. The molecule has 0 aliphatic carbocycles. The van der Waals surface area contributed by atoms with Crippen molar-refractivity contribution >= 4 is 33.9 Å². The third-order valence-electron chi connectivity index (χ3n) is 4.18. The maximum atomic E-state index is 5.49. The number of ether oxygens (including phenoxy) is 2. The van der Waals surface area contributed by atoms with E-state index < -0.39 is 0 Å². The van der Waals surface area contributed by atoms with E-state index in [1.807, 2.05) is 30.3 Å². The van der Waals surface area contributed by atoms with Crippen molar-refractivity contribution in [2.45, 2.75) is 30.7 Å². The van der Waals surface area contributed by atoms with Crippen LogP contribution in [0.15, 0.2) is 57.2 Å². The number of hydrogen-bond donors (Lipinski definition) is 0. The van der Waals surface area contributed by atoms with Crippen LogP contribution >= 0.6 is 27.7 Å². The molecule has 0 amide bonds. The van der Waals surface area contributed by atoms with Crippen LogP contribution < -0.4 is 9.47 Å². The van der Waals surface area contributed by atoms with Gasteiger partial charge in [-0.1, -0.05) is 59.7 Å². The summed E-state index contributed by atoms with van der Waals surface area (Å²) in [4.78, 5) is 0. The zero-order valence-corrected chi connectivity index (χ0v) is 19.2. The van der Waals surface area contributed by atoms with Gasteiger partial charge < -0.3 is 9.47 Å². The van der Waals surface area contributed by atoms with Crippen molar-refractivity contribution in [2.24, 2.45) is 5.10 Å². The normalized spacial score (nSPS) is 11.4. The van der Waals surface area contributed by atoms with Crippen LogP contribution in [-0.4, -0.2) is 35.3 Å². The first kappa shape index (κ1) is 21.4. The monoisotopic (exact) mass is 474 g/mol. The maximum absolute atomic E-state index is 5.49. The number of halogens is 1. The summed E-state index contributed by atoms with van der Waals surface area (Å²) in [7, 11) is 3.24. The first-order valence-corrected chi connectivity index (χ1v) is 10.9. The second-order valence-electron chi connectivity index (χ2n) is 6.55. The van der Waals surface area contributed by atoms with Gasteiger partial charge in [-0.25, -0.2) is 0 Å². The van der Waals surface area contributed by atoms with Crippen LogP contribution in [0.5, 0.6) is 11.5 Å². The molecule has 8 heteroatoms. The minimum Gasteiger partial charge on any atom is -0.493 e. The number of nitrogens with zero attached hydrogens (tertiary/aromatic N) is 4. The molecule has 29 heavy (non-hydrogen) atoms. The Hall–Kier alpha value is -2.32. The highest BCUT2D eigenvalue weighted by atomic mass is 79.9. The van der Waals surface area contributed by atoms with Gasteiger partial charge in [0.2, 0.25) is 5.16 Å². The van der Waals surface area contributed by atoms with Crippen LogP contribution in [0.2, 0.25) is 0 Å². The highest BCUT2D eigenvalue weighted by molar-refractivity contribution is 9.10. The first-order valence-electron chi connectivity index (χ1n) is 9.11. The van der Waals surface area contributed by atoms with Gasteiger partial charge in [-0.2, -0.15) is 9.78 Å². The van der Waals surface area contributed by atoms with E-state index in [2.05, 4.69) is 57.2 Å². The lowest BCUT2D eigenvalue weighted by Gasteiger charge is -2.10. The molecule has 1 aromatic heterocycles. The van der Waals surface area contributed by atoms with E-state index in [4.69, 9.17) is 9.47 Å². The Balaban J connectivity index is 1.89. The zero-order chi connectivity index (χ0) is 20.8. The Kier molecular flexibility index (Phi) is 7.33. The summed E-state index contributed by atoms with van der Waals surface area (Å²) in [5, 5.41) is 14.1. The second-order valence-corrected chi connectivity index (χ2v) is 8.41. The third-order valence-corrected chi connectivity index (χ3v) is 5.70. The van der Waals surface area contributed by atoms with Gasteiger partial charge in [0.25, 0.3) is 0 Å². The van der Waals surface area contributed by atoms with Gasteiger partial charge in [0.15, 0.2) is 17.3 Å². The minimum absolute atomic E-state index is 0.189. The number of hydrogen-bond acceptors (Lipinski definition) is 6. The minimum atomic E-state index is 0.189. The summed E-state index contributed by atoms with van der Waals surface area (Å²) in [5.41, 5.74) is 2.02. The summed E-state index contributed by atoms with van der Waals surface area (Å²) in [5.74, 6) is 3.08. The van der Waals surface area contributed by atoms with Crippen molar-refractivity contribution in [3.63, 3.8) is 0 Å². The molecule has 6 nitrogen and oxygen atoms in total. The number of rotatable bonds is 8. The molecule has 0 bridgehead atoms. The van der Waals surface area contributed by atoms with E-state index in [1.165, 1.54) is 5.56 Å². The van der Waals surface area contributed by atoms with E-state index in [-0.39, 0.29) is 5.92 Å². The maximum Gasteiger partial charge on any atom is 0.212 e. The van der Waals surface area contributed by atoms with Gasteiger partial charge >= 0.3 is 0 Å². The molecule has 0 aliphatic rings. The molecule has 0 atom stereocenters. The van der Waals surface area contributed by atoms with Crippen molar-refractivity contribution in [2.75, 3.05) is 14.2 Å². The van der Waals surface area contributed by atoms with Crippen LogP contribution in [0.1, 0.15) is 36.7 Å². The van der Waals surface area contributed by atoms with Gasteiger partial charge in [0.05, 0.1) is 20.4 Å². The predicted octanol–water partition coefficient (Wildman–Crippen LogP) is 5.36. The summed E-state index contributed by atoms with van der Waals surface area (Å²) in [6, 6.07) is 13.9. The van der Waals surface area contributed by atoms with E-state index in [1.54, 1.807) is 36.9 Å². The van der Waals surface area contributed by atoms with E-state index in [9.17, 15) is 0 Å². The smallest absolute Gasteiger partial charge is 0.212 e. The number of benzene rings is 2. The Labute approximate surface area is 183 Å². The van der Waals surface area contributed by atoms with Gasteiger partial charge in [-0.3, -0.25) is 0 Å². The van der Waals surface area contributed by atoms with Gasteiger partial charge in [0.1, 0.15) is 0 Å². The SMILES string of the molecule is COc1cccc(/C=N\n2c(SCc3ccc(Br)cc3)nnc2C(C)C)c1OC. The van der Waals surface area contributed by atoms with Crippen molar-refractivity contribution in [3.05, 3.63) is 63.9 Å². The van der Waals surface area contributed by atoms with E-state index in [0.29, 0.717) is 11.5 Å². The molecule has 0 radical (unpaired) electrons. The zero-order valence-electron chi connectivity index (χ0n) is 16.8. The fourth-order valence-electron chi connectivity index (χ4n) is 2.70. The summed E-state index contributed by atoms with van der Waals surface area (Å²) >= 11 is 5.07. The standard InChI is InChI=1S/C21H23BrN4O2S/c1-14(2)20-24-25-21(29-13-15-8-10-17(22)11-9-15)26(20)23-12-16-6-5-7-18(27-3)19(16)28-4/h5-12,14H,13H2,1-4H3/b23-12-. The van der Waals surface area contributed by atoms with Gasteiger partial charge in [-0.05, 0) is 29.8 Å². The van der Waals surface area contributed by atoms with Crippen molar-refractivity contribution in [1.29, 1.82) is 0 Å². The van der Waals surface area contributed by atoms with Crippen LogP contribution in [0.25, 0.3) is 0 Å². The molecular weight excluding hydrogens is 452 g/mol. The van der Waals surface area contributed by atoms with Crippen LogP contribution in [0.4, 0.5) is 0 Å². The Morgan fingerprint density at radius 1 is 1.10 bits per heavy atom. The Bertz CT molecular complexity index is 987. The third kappa shape index (κ3) is 5.19. The van der Waals surface area contributed by atoms with E-state index in [0.717, 1.165) is 26.8 Å². The summed E-state index contributed by atoms with van der Waals surface area (Å²) < 4.78 is 13.7. The number of para-hydroxylation sites is 1. The lowest BCUT2D eigenvalue weighted by atomic mass is 10.2. The highest BCUT2D eigenvalue weighted by Gasteiger charge is 2.16. The summed E-state index contributed by atoms with van der Waals surface area (Å²) in [6.45, 7) is 4.15. The molecule has 0 aliphatic heterocycles. The van der Waals surface area contributed by atoms with Crippen molar-refractivity contribution < 1.29 is 9.47 Å². The van der Waals surface area contributed by atoms with Crippen molar-refractivity contribution in [3.8, 4) is 11.5 Å². The Morgan fingerprint density at radius 3 is 2.52 bits per heavy atom. The van der Waals surface area contributed by atoms with Gasteiger partial charge in [-0.15, -0.1) is 10.2 Å². The average Bonchev–Trinajstić information content (AvgIpc) is 3.14. The first-order chi connectivity index (χ1) is 14.0. The van der Waals surface area contributed by atoms with Crippen molar-refractivity contribution in [1.82, 2.24) is 14.9 Å². The molecule has 0 fully saturated rings. The topological polar surface area (TPSA) is 61.5 Å². The predicted molar refractivity (Wildman–Crippen MR) is 120 cm³/mol. The average molecular weight is 475 g/mol. The van der Waals surface area contributed by atoms with Crippen LogP contribution in [0, 0.1) is 0 Å². The fraction of sp³-hybridized carbons (Fsp3) is 0.286. The number of thioether (sulfide) groups is 1. The van der Waals surface area contributed by atoms with Crippen LogP contribution in [-0.2, 0) is 5.75 Å². The fourth-order valence-corrected chi connectivity index (χ4v) is 3.81. The lowest BCUT2D eigenvalue weighted by molar-refractivity contribution is 0.354. The quantitative estimate of drug-likeness (QED) is 0.325. The molecule has 0 saturated carbocycles. The molecular formula is C21H23BrN4O2S. The molecule has 0 saturated heterocycles. The Morgan fingerprint density at radius 2 is 1.86 bits per heavy atom.